The molecule has 3 nitrogen and oxygen atoms in total. The van der Waals surface area contributed by atoms with Crippen molar-refractivity contribution in [3.8, 4) is 0 Å². The zero-order valence-corrected chi connectivity index (χ0v) is 14.9. The molecule has 6 heteroatoms. The third-order valence-corrected chi connectivity index (χ3v) is 5.53. The Morgan fingerprint density at radius 2 is 2.00 bits per heavy atom. The summed E-state index contributed by atoms with van der Waals surface area (Å²) in [5, 5.41) is 0.704. The second kappa shape index (κ2) is 7.34. The van der Waals surface area contributed by atoms with Gasteiger partial charge in [-0.2, -0.15) is 0 Å². The first-order chi connectivity index (χ1) is 10.7. The summed E-state index contributed by atoms with van der Waals surface area (Å²) in [7, 11) is 0. The minimum Gasteiger partial charge on any atom is -0.346 e. The van der Waals surface area contributed by atoms with Crippen molar-refractivity contribution < 1.29 is 9.47 Å². The summed E-state index contributed by atoms with van der Waals surface area (Å²) < 4.78 is 12.3. The van der Waals surface area contributed by atoms with Gasteiger partial charge in [0, 0.05) is 26.4 Å². The molecular weight excluding hydrogens is 386 g/mol. The topological polar surface area (TPSA) is 44.5 Å². The van der Waals surface area contributed by atoms with Gasteiger partial charge >= 0.3 is 0 Å². The highest BCUT2D eigenvalue weighted by atomic mass is 79.9. The van der Waals surface area contributed by atoms with Gasteiger partial charge in [-0.1, -0.05) is 51.4 Å². The normalized spacial score (nSPS) is 15.4. The molecule has 2 N–H and O–H groups in total. The molecule has 1 heterocycles. The Hall–Kier alpha value is -0.560. The molecule has 0 radical (unpaired) electrons. The van der Waals surface area contributed by atoms with Crippen LogP contribution in [0.1, 0.15) is 17.4 Å². The van der Waals surface area contributed by atoms with E-state index >= 15 is 0 Å². The fraction of sp³-hybridized carbons (Fsp3) is 0.250. The number of hydrogen-bond acceptors (Lipinski definition) is 4. The van der Waals surface area contributed by atoms with E-state index < -0.39 is 0 Å². The number of benzene rings is 2. The van der Waals surface area contributed by atoms with Crippen LogP contribution in [-0.4, -0.2) is 13.2 Å². The smallest absolute Gasteiger partial charge is 0.185 e. The van der Waals surface area contributed by atoms with Gasteiger partial charge in [0.2, 0.25) is 0 Å². The van der Waals surface area contributed by atoms with Gasteiger partial charge in [-0.3, -0.25) is 0 Å². The van der Waals surface area contributed by atoms with Gasteiger partial charge in [0.15, 0.2) is 6.29 Å². The zero-order valence-electron chi connectivity index (χ0n) is 11.7. The Bertz CT molecular complexity index is 677. The molecule has 0 bridgehead atoms. The molecule has 1 aliphatic heterocycles. The molecule has 0 aromatic heterocycles. The number of hydrogen-bond donors (Lipinski definition) is 1. The van der Waals surface area contributed by atoms with E-state index in [1.165, 1.54) is 0 Å². The lowest BCUT2D eigenvalue weighted by atomic mass is 10.2. The maximum Gasteiger partial charge on any atom is 0.185 e. The number of rotatable bonds is 4. The van der Waals surface area contributed by atoms with Crippen molar-refractivity contribution in [2.45, 2.75) is 22.6 Å². The van der Waals surface area contributed by atoms with Crippen LogP contribution >= 0.6 is 39.3 Å². The molecule has 1 fully saturated rings. The van der Waals surface area contributed by atoms with Crippen LogP contribution in [-0.2, 0) is 16.0 Å². The van der Waals surface area contributed by atoms with Crippen molar-refractivity contribution in [1.29, 1.82) is 0 Å². The first-order valence-electron chi connectivity index (χ1n) is 6.87. The van der Waals surface area contributed by atoms with Crippen LogP contribution in [0.5, 0.6) is 0 Å². The SMILES string of the molecule is NCc1cccc(Cl)c1Sc1ccc(Br)cc1C1OCCO1. The van der Waals surface area contributed by atoms with Gasteiger partial charge in [0.25, 0.3) is 0 Å². The van der Waals surface area contributed by atoms with E-state index in [-0.39, 0.29) is 6.29 Å². The van der Waals surface area contributed by atoms with Crippen LogP contribution in [0.3, 0.4) is 0 Å². The molecule has 0 aliphatic carbocycles. The molecule has 0 atom stereocenters. The highest BCUT2D eigenvalue weighted by Gasteiger charge is 2.23. The van der Waals surface area contributed by atoms with Crippen molar-refractivity contribution in [2.24, 2.45) is 5.73 Å². The highest BCUT2D eigenvalue weighted by Crippen LogP contribution is 2.41. The number of ether oxygens (including phenoxy) is 2. The molecule has 1 aliphatic rings. The summed E-state index contributed by atoms with van der Waals surface area (Å²) >= 11 is 11.5. The van der Waals surface area contributed by atoms with Crippen molar-refractivity contribution in [3.63, 3.8) is 0 Å². The summed E-state index contributed by atoms with van der Waals surface area (Å²) in [6.45, 7) is 1.67. The van der Waals surface area contributed by atoms with E-state index in [0.717, 1.165) is 25.4 Å². The largest absolute Gasteiger partial charge is 0.346 e. The molecule has 0 unspecified atom stereocenters. The first kappa shape index (κ1) is 16.3. The van der Waals surface area contributed by atoms with E-state index in [2.05, 4.69) is 15.9 Å². The zero-order chi connectivity index (χ0) is 15.5. The molecular formula is C16H15BrClNO2S. The average Bonchev–Trinajstić information content (AvgIpc) is 3.05. The number of nitrogens with two attached hydrogens (primary N) is 1. The molecule has 3 rings (SSSR count). The van der Waals surface area contributed by atoms with Crippen LogP contribution in [0.15, 0.2) is 50.7 Å². The van der Waals surface area contributed by atoms with E-state index in [1.807, 2.05) is 36.4 Å². The molecule has 116 valence electrons. The van der Waals surface area contributed by atoms with Crippen LogP contribution in [0.2, 0.25) is 5.02 Å². The summed E-state index contributed by atoms with van der Waals surface area (Å²) in [6.07, 6.45) is -0.330. The maximum absolute atomic E-state index is 6.35. The summed E-state index contributed by atoms with van der Waals surface area (Å²) in [5.74, 6) is 0. The third-order valence-electron chi connectivity index (χ3n) is 3.33. The van der Waals surface area contributed by atoms with Crippen LogP contribution in [0, 0.1) is 0 Å². The Labute approximate surface area is 147 Å². The Morgan fingerprint density at radius 3 is 2.73 bits per heavy atom. The monoisotopic (exact) mass is 399 g/mol. The Morgan fingerprint density at radius 1 is 1.23 bits per heavy atom. The van der Waals surface area contributed by atoms with E-state index in [4.69, 9.17) is 26.8 Å². The highest BCUT2D eigenvalue weighted by molar-refractivity contribution is 9.10. The third kappa shape index (κ3) is 3.50. The molecule has 2 aromatic carbocycles. The lowest BCUT2D eigenvalue weighted by Crippen LogP contribution is -2.02. The summed E-state index contributed by atoms with van der Waals surface area (Å²) in [5.41, 5.74) is 7.86. The second-order valence-corrected chi connectivity index (χ2v) is 7.17. The fourth-order valence-electron chi connectivity index (χ4n) is 2.27. The molecule has 2 aromatic rings. The van der Waals surface area contributed by atoms with Gasteiger partial charge in [-0.25, -0.2) is 0 Å². The van der Waals surface area contributed by atoms with Crippen molar-refractivity contribution in [3.05, 3.63) is 57.0 Å². The second-order valence-electron chi connectivity index (χ2n) is 4.79. The Kier molecular flexibility index (Phi) is 5.44. The molecule has 0 amide bonds. The molecule has 1 saturated heterocycles. The standard InChI is InChI=1S/C16H15BrClNO2S/c17-11-4-5-14(12(8-11)16-20-6-7-21-16)22-15-10(9-19)2-1-3-13(15)18/h1-5,8,16H,6-7,9,19H2. The quantitative estimate of drug-likeness (QED) is 0.804. The lowest BCUT2D eigenvalue weighted by Gasteiger charge is -2.16. The van der Waals surface area contributed by atoms with Crippen LogP contribution in [0.25, 0.3) is 0 Å². The fourth-order valence-corrected chi connectivity index (χ4v) is 4.04. The van der Waals surface area contributed by atoms with Gasteiger partial charge in [-0.15, -0.1) is 0 Å². The van der Waals surface area contributed by atoms with Gasteiger partial charge in [-0.05, 0) is 29.8 Å². The van der Waals surface area contributed by atoms with Gasteiger partial charge in [0.05, 0.1) is 18.2 Å². The van der Waals surface area contributed by atoms with E-state index in [1.54, 1.807) is 11.8 Å². The van der Waals surface area contributed by atoms with Crippen LogP contribution in [0.4, 0.5) is 0 Å². The lowest BCUT2D eigenvalue weighted by molar-refractivity contribution is -0.0460. The predicted octanol–water partition coefficient (Wildman–Crippen LogP) is 4.76. The number of halogens is 2. The van der Waals surface area contributed by atoms with E-state index in [9.17, 15) is 0 Å². The molecule has 0 spiro atoms. The summed E-state index contributed by atoms with van der Waals surface area (Å²) in [4.78, 5) is 2.03. The van der Waals surface area contributed by atoms with Crippen molar-refractivity contribution in [2.75, 3.05) is 13.2 Å². The Balaban J connectivity index is 1.99. The first-order valence-corrected chi connectivity index (χ1v) is 8.85. The van der Waals surface area contributed by atoms with Crippen molar-refractivity contribution >= 4 is 39.3 Å². The summed E-state index contributed by atoms with van der Waals surface area (Å²) in [6, 6.07) is 11.9. The van der Waals surface area contributed by atoms with Gasteiger partial charge < -0.3 is 15.2 Å². The van der Waals surface area contributed by atoms with Gasteiger partial charge in [0.1, 0.15) is 0 Å². The average molecular weight is 401 g/mol. The molecule has 22 heavy (non-hydrogen) atoms. The predicted molar refractivity (Wildman–Crippen MR) is 92.3 cm³/mol. The molecule has 0 saturated carbocycles. The minimum absolute atomic E-state index is 0.330. The van der Waals surface area contributed by atoms with Crippen LogP contribution < -0.4 is 5.73 Å². The minimum atomic E-state index is -0.330. The van der Waals surface area contributed by atoms with E-state index in [0.29, 0.717) is 24.8 Å². The van der Waals surface area contributed by atoms with Crippen molar-refractivity contribution in [1.82, 2.24) is 0 Å². The maximum atomic E-state index is 6.35.